The number of benzene rings is 2. The van der Waals surface area contributed by atoms with E-state index in [4.69, 9.17) is 21.1 Å². The highest BCUT2D eigenvalue weighted by Gasteiger charge is 2.39. The normalized spacial score (nSPS) is 21.8. The Bertz CT molecular complexity index is 1600. The molecule has 46 heavy (non-hydrogen) atoms. The molecule has 7 nitrogen and oxygen atoms in total. The third-order valence-corrected chi connectivity index (χ3v) is 10.4. The van der Waals surface area contributed by atoms with Crippen LogP contribution in [0, 0.1) is 11.8 Å². The van der Waals surface area contributed by atoms with Gasteiger partial charge in [0.1, 0.15) is 5.75 Å². The molecule has 4 rings (SSSR count). The molecule has 248 valence electrons. The van der Waals surface area contributed by atoms with Crippen LogP contribution < -0.4 is 14.4 Å². The summed E-state index contributed by atoms with van der Waals surface area (Å²) < 4.78 is 41.0. The van der Waals surface area contributed by atoms with E-state index in [0.29, 0.717) is 53.6 Å². The maximum absolute atomic E-state index is 13.5. The van der Waals surface area contributed by atoms with Gasteiger partial charge in [0.05, 0.1) is 30.2 Å². The molecule has 1 fully saturated rings. The number of ether oxygens (including phenoxy) is 2. The molecule has 1 amide bonds. The number of rotatable bonds is 14. The van der Waals surface area contributed by atoms with Crippen LogP contribution in [0.25, 0.3) is 0 Å². The number of amides is 1. The summed E-state index contributed by atoms with van der Waals surface area (Å²) >= 11 is 6.43. The van der Waals surface area contributed by atoms with Crippen molar-refractivity contribution in [2.45, 2.75) is 63.2 Å². The van der Waals surface area contributed by atoms with Crippen LogP contribution in [-0.4, -0.2) is 47.7 Å². The number of halogens is 1. The van der Waals surface area contributed by atoms with Gasteiger partial charge >= 0.3 is 0 Å². The van der Waals surface area contributed by atoms with E-state index in [-0.39, 0.29) is 11.3 Å². The average molecular weight is 667 g/mol. The fourth-order valence-electron chi connectivity index (χ4n) is 6.43. The van der Waals surface area contributed by atoms with Crippen molar-refractivity contribution in [3.8, 4) is 5.75 Å². The Hall–Kier alpha value is -3.33. The third-order valence-electron chi connectivity index (χ3n) is 8.81. The Morgan fingerprint density at radius 1 is 1.24 bits per heavy atom. The summed E-state index contributed by atoms with van der Waals surface area (Å²) in [7, 11) is -2.46. The zero-order valence-corrected chi connectivity index (χ0v) is 29.0. The van der Waals surface area contributed by atoms with Gasteiger partial charge < -0.3 is 14.4 Å². The van der Waals surface area contributed by atoms with E-state index in [1.807, 2.05) is 13.0 Å². The molecule has 0 saturated heterocycles. The van der Waals surface area contributed by atoms with E-state index in [9.17, 15) is 13.2 Å². The molecule has 2 aliphatic rings. The van der Waals surface area contributed by atoms with Crippen LogP contribution in [0.4, 0.5) is 5.69 Å². The zero-order chi connectivity index (χ0) is 33.3. The minimum absolute atomic E-state index is 0.0143. The first kappa shape index (κ1) is 35.5. The Morgan fingerprint density at radius 2 is 2.04 bits per heavy atom. The van der Waals surface area contributed by atoms with Gasteiger partial charge in [-0.3, -0.25) is 4.79 Å². The number of carbonyl (C=O) groups excluding carboxylic acids is 1. The molecular formula is C37H47ClN2O5S. The number of fused-ring (bicyclic) bond motifs is 1. The van der Waals surface area contributed by atoms with Gasteiger partial charge in [0.2, 0.25) is 5.91 Å². The number of nitrogens with one attached hydrogen (secondary N) is 1. The van der Waals surface area contributed by atoms with Gasteiger partial charge in [-0.15, -0.1) is 0 Å². The third kappa shape index (κ3) is 8.72. The minimum Gasteiger partial charge on any atom is -0.490 e. The SMILES string of the molecule is C=C/C=C(\C=C/C)CC(=O)NS(=O)(=O)c1ccc2c(c1)N(C[C@@H]1CC[C@H]1/C=C/COC)C[C@](C)(c1ccc(Cl)cc1CCC)CO2. The van der Waals surface area contributed by atoms with Gasteiger partial charge in [0.25, 0.3) is 10.0 Å². The number of nitrogens with zero attached hydrogens (tertiary/aromatic N) is 1. The predicted octanol–water partition coefficient (Wildman–Crippen LogP) is 7.56. The molecule has 1 aliphatic heterocycles. The van der Waals surface area contributed by atoms with E-state index >= 15 is 0 Å². The quantitative estimate of drug-likeness (QED) is 0.165. The average Bonchev–Trinajstić information content (AvgIpc) is 3.14. The first-order valence-corrected chi connectivity index (χ1v) is 17.9. The van der Waals surface area contributed by atoms with Crippen LogP contribution in [0.1, 0.15) is 57.6 Å². The number of allylic oxidation sites excluding steroid dienone is 5. The van der Waals surface area contributed by atoms with Crippen molar-refractivity contribution in [1.29, 1.82) is 0 Å². The number of sulfonamides is 1. The van der Waals surface area contributed by atoms with Crippen LogP contribution in [0.15, 0.2) is 89.9 Å². The lowest BCUT2D eigenvalue weighted by Crippen LogP contribution is -2.45. The van der Waals surface area contributed by atoms with Crippen molar-refractivity contribution in [2.24, 2.45) is 11.8 Å². The lowest BCUT2D eigenvalue weighted by Gasteiger charge is -2.41. The van der Waals surface area contributed by atoms with E-state index in [2.05, 4.69) is 54.3 Å². The largest absolute Gasteiger partial charge is 0.490 e. The second-order valence-electron chi connectivity index (χ2n) is 12.5. The number of carbonyl (C=O) groups is 1. The van der Waals surface area contributed by atoms with Crippen molar-refractivity contribution in [3.63, 3.8) is 0 Å². The number of anilines is 1. The van der Waals surface area contributed by atoms with E-state index in [1.165, 1.54) is 17.2 Å². The maximum Gasteiger partial charge on any atom is 0.264 e. The molecule has 0 unspecified atom stereocenters. The summed E-state index contributed by atoms with van der Waals surface area (Å²) in [6, 6.07) is 11.0. The summed E-state index contributed by atoms with van der Waals surface area (Å²) in [4.78, 5) is 15.1. The van der Waals surface area contributed by atoms with E-state index in [0.717, 1.165) is 32.2 Å². The van der Waals surface area contributed by atoms with Gasteiger partial charge in [-0.05, 0) is 85.1 Å². The van der Waals surface area contributed by atoms with Gasteiger partial charge in [0.15, 0.2) is 0 Å². The standard InChI is InChI=1S/C37H47ClN2O5S/c1-6-10-27(11-7-2)21-36(41)39-46(42,43)32-17-19-35-34(23-32)40(24-30-15-14-28(30)13-9-20-44-5)25-37(4,26-45-35)33-18-16-31(38)22-29(33)12-8-3/h6-7,9-11,13,16-19,22-23,28,30H,1,8,12,14-15,20-21,24-26H2,2-5H3,(H,39,41)/b11-7-,13-9+,27-10+/t28-,30+,37+/m1/s1. The maximum atomic E-state index is 13.5. The van der Waals surface area contributed by atoms with Crippen LogP contribution in [0.2, 0.25) is 5.02 Å². The Labute approximate surface area is 280 Å². The highest BCUT2D eigenvalue weighted by atomic mass is 35.5. The molecular weight excluding hydrogens is 620 g/mol. The Balaban J connectivity index is 1.70. The number of hydrogen-bond acceptors (Lipinski definition) is 6. The smallest absolute Gasteiger partial charge is 0.264 e. The van der Waals surface area contributed by atoms with E-state index < -0.39 is 21.3 Å². The Kier molecular flexibility index (Phi) is 12.3. The molecule has 0 radical (unpaired) electrons. The molecule has 1 aliphatic carbocycles. The van der Waals surface area contributed by atoms with Crippen LogP contribution in [-0.2, 0) is 31.4 Å². The van der Waals surface area contributed by atoms with E-state index in [1.54, 1.807) is 43.5 Å². The second-order valence-corrected chi connectivity index (χ2v) is 14.6. The van der Waals surface area contributed by atoms with Crippen LogP contribution in [0.3, 0.4) is 0 Å². The van der Waals surface area contributed by atoms with Gasteiger partial charge in [-0.1, -0.05) is 81.0 Å². The van der Waals surface area contributed by atoms with Crippen molar-refractivity contribution < 1.29 is 22.7 Å². The number of hydrogen-bond donors (Lipinski definition) is 1. The molecule has 1 heterocycles. The fraction of sp³-hybridized carbons (Fsp3) is 0.432. The molecule has 1 saturated carbocycles. The van der Waals surface area contributed by atoms with Crippen molar-refractivity contribution in [1.82, 2.24) is 4.72 Å². The lowest BCUT2D eigenvalue weighted by molar-refractivity contribution is -0.118. The second kappa shape index (κ2) is 16.0. The molecule has 9 heteroatoms. The number of aryl methyl sites for hydroxylation is 1. The van der Waals surface area contributed by atoms with Gasteiger partial charge in [0, 0.05) is 30.6 Å². The molecule has 2 aromatic rings. The summed E-state index contributed by atoms with van der Waals surface area (Å²) in [6.07, 6.45) is 15.1. The molecule has 0 aromatic heterocycles. The molecule has 3 atom stereocenters. The first-order valence-electron chi connectivity index (χ1n) is 16.0. The monoisotopic (exact) mass is 666 g/mol. The lowest BCUT2D eigenvalue weighted by atomic mass is 9.72. The zero-order valence-electron chi connectivity index (χ0n) is 27.4. The molecule has 0 spiro atoms. The summed E-state index contributed by atoms with van der Waals surface area (Å²) in [5.41, 5.74) is 3.35. The summed E-state index contributed by atoms with van der Waals surface area (Å²) in [5.74, 6) is 0.815. The predicted molar refractivity (Wildman–Crippen MR) is 187 cm³/mol. The van der Waals surface area contributed by atoms with Gasteiger partial charge in [-0.25, -0.2) is 13.1 Å². The fourth-order valence-corrected chi connectivity index (χ4v) is 7.63. The van der Waals surface area contributed by atoms with Crippen LogP contribution >= 0.6 is 11.6 Å². The summed E-state index contributed by atoms with van der Waals surface area (Å²) in [5, 5.41) is 0.709. The molecule has 2 aromatic carbocycles. The Morgan fingerprint density at radius 3 is 2.72 bits per heavy atom. The highest BCUT2D eigenvalue weighted by molar-refractivity contribution is 7.90. The molecule has 0 bridgehead atoms. The molecule has 1 N–H and O–H groups in total. The highest BCUT2D eigenvalue weighted by Crippen LogP contribution is 2.43. The van der Waals surface area contributed by atoms with Gasteiger partial charge in [-0.2, -0.15) is 0 Å². The summed E-state index contributed by atoms with van der Waals surface area (Å²) in [6.45, 7) is 12.2. The first-order chi connectivity index (χ1) is 22.0. The van der Waals surface area contributed by atoms with Crippen LogP contribution in [0.5, 0.6) is 5.75 Å². The van der Waals surface area contributed by atoms with Crippen molar-refractivity contribution >= 4 is 33.2 Å². The van der Waals surface area contributed by atoms with Crippen molar-refractivity contribution in [3.05, 3.63) is 101 Å². The topological polar surface area (TPSA) is 84.9 Å². The van der Waals surface area contributed by atoms with Crippen molar-refractivity contribution in [2.75, 3.05) is 38.3 Å². The number of methoxy groups -OCH3 is 1. The minimum atomic E-state index is -4.15.